The molecule has 0 amide bonds. The van der Waals surface area contributed by atoms with Gasteiger partial charge in [0.2, 0.25) is 0 Å². The van der Waals surface area contributed by atoms with Crippen molar-refractivity contribution >= 4 is 26.8 Å². The van der Waals surface area contributed by atoms with Crippen LogP contribution < -0.4 is 10.5 Å². The van der Waals surface area contributed by atoms with Gasteiger partial charge in [0.1, 0.15) is 5.75 Å². The van der Waals surface area contributed by atoms with Crippen molar-refractivity contribution in [1.29, 1.82) is 0 Å². The number of ether oxygens (including phenoxy) is 1. The molecule has 0 aliphatic carbocycles. The molecule has 0 spiro atoms. The fraction of sp³-hybridized carbons (Fsp3) is 0.0625. The van der Waals surface area contributed by atoms with Crippen molar-refractivity contribution in [3.63, 3.8) is 0 Å². The summed E-state index contributed by atoms with van der Waals surface area (Å²) in [5, 5.41) is 0.832. The molecule has 3 aromatic rings. The second kappa shape index (κ2) is 5.79. The van der Waals surface area contributed by atoms with Gasteiger partial charge in [-0.05, 0) is 51.8 Å². The van der Waals surface area contributed by atoms with Gasteiger partial charge in [-0.15, -0.1) is 0 Å². The van der Waals surface area contributed by atoms with E-state index in [-0.39, 0.29) is 12.3 Å². The third-order valence-electron chi connectivity index (χ3n) is 3.17. The van der Waals surface area contributed by atoms with Crippen LogP contribution in [0.25, 0.3) is 10.9 Å². The lowest BCUT2D eigenvalue weighted by atomic mass is 10.2. The van der Waals surface area contributed by atoms with Gasteiger partial charge in [-0.3, -0.25) is 4.98 Å². The van der Waals surface area contributed by atoms with Crippen LogP contribution in [0.4, 0.5) is 4.39 Å². The van der Waals surface area contributed by atoms with Crippen molar-refractivity contribution in [3.8, 4) is 11.5 Å². The Morgan fingerprint density at radius 2 is 1.95 bits per heavy atom. The van der Waals surface area contributed by atoms with Crippen LogP contribution in [-0.2, 0) is 6.54 Å². The average Bonchev–Trinajstić information content (AvgIpc) is 2.52. The average molecular weight is 347 g/mol. The molecule has 106 valence electrons. The van der Waals surface area contributed by atoms with Crippen LogP contribution in [0.1, 0.15) is 5.56 Å². The molecule has 0 atom stereocenters. The van der Waals surface area contributed by atoms with E-state index < -0.39 is 5.82 Å². The molecule has 21 heavy (non-hydrogen) atoms. The topological polar surface area (TPSA) is 48.1 Å². The number of rotatable bonds is 3. The largest absolute Gasteiger partial charge is 0.454 e. The molecule has 0 aliphatic heterocycles. The molecule has 3 rings (SSSR count). The van der Waals surface area contributed by atoms with Crippen LogP contribution >= 0.6 is 15.9 Å². The molecule has 2 N–H and O–H groups in total. The predicted molar refractivity (Wildman–Crippen MR) is 83.8 cm³/mol. The van der Waals surface area contributed by atoms with E-state index in [0.29, 0.717) is 15.8 Å². The first-order chi connectivity index (χ1) is 10.2. The first-order valence-corrected chi connectivity index (χ1v) is 7.18. The number of hydrogen-bond acceptors (Lipinski definition) is 3. The zero-order valence-electron chi connectivity index (χ0n) is 11.0. The Morgan fingerprint density at radius 1 is 1.10 bits per heavy atom. The quantitative estimate of drug-likeness (QED) is 0.765. The van der Waals surface area contributed by atoms with Crippen molar-refractivity contribution < 1.29 is 9.13 Å². The summed E-state index contributed by atoms with van der Waals surface area (Å²) in [6, 6.07) is 12.5. The van der Waals surface area contributed by atoms with E-state index in [1.165, 1.54) is 0 Å². The minimum atomic E-state index is -0.459. The summed E-state index contributed by atoms with van der Waals surface area (Å²) in [7, 11) is 0. The lowest BCUT2D eigenvalue weighted by Gasteiger charge is -2.11. The number of halogens is 2. The first-order valence-electron chi connectivity index (χ1n) is 6.39. The monoisotopic (exact) mass is 346 g/mol. The number of fused-ring (bicyclic) bond motifs is 1. The first kappa shape index (κ1) is 14.0. The Balaban J connectivity index is 2.05. The Hall–Kier alpha value is -1.98. The van der Waals surface area contributed by atoms with Crippen LogP contribution in [-0.4, -0.2) is 4.98 Å². The third kappa shape index (κ3) is 2.62. The summed E-state index contributed by atoms with van der Waals surface area (Å²) >= 11 is 3.21. The van der Waals surface area contributed by atoms with Crippen LogP contribution in [0.15, 0.2) is 53.1 Å². The Morgan fingerprint density at radius 3 is 2.76 bits per heavy atom. The maximum atomic E-state index is 14.3. The molecule has 1 aromatic heterocycles. The van der Waals surface area contributed by atoms with Gasteiger partial charge in [0.25, 0.3) is 0 Å². The highest BCUT2D eigenvalue weighted by Gasteiger charge is 2.13. The fourth-order valence-electron chi connectivity index (χ4n) is 2.09. The van der Waals surface area contributed by atoms with E-state index in [1.54, 1.807) is 24.4 Å². The molecule has 1 heterocycles. The zero-order valence-corrected chi connectivity index (χ0v) is 12.6. The van der Waals surface area contributed by atoms with Crippen LogP contribution in [0, 0.1) is 5.82 Å². The van der Waals surface area contributed by atoms with E-state index in [0.717, 1.165) is 10.9 Å². The smallest absolute Gasteiger partial charge is 0.180 e. The van der Waals surface area contributed by atoms with Gasteiger partial charge < -0.3 is 10.5 Å². The second-order valence-electron chi connectivity index (χ2n) is 4.48. The van der Waals surface area contributed by atoms with E-state index in [1.807, 2.05) is 24.3 Å². The van der Waals surface area contributed by atoms with Gasteiger partial charge >= 0.3 is 0 Å². The van der Waals surface area contributed by atoms with Crippen LogP contribution in [0.3, 0.4) is 0 Å². The third-order valence-corrected chi connectivity index (χ3v) is 4.03. The molecular formula is C16H12BrFN2O. The molecule has 0 saturated carbocycles. The Labute approximate surface area is 129 Å². The molecule has 0 bridgehead atoms. The van der Waals surface area contributed by atoms with Gasteiger partial charge in [-0.1, -0.05) is 12.1 Å². The molecule has 0 aliphatic rings. The number of hydrogen-bond donors (Lipinski definition) is 1. The molecule has 3 nitrogen and oxygen atoms in total. The summed E-state index contributed by atoms with van der Waals surface area (Å²) in [5.41, 5.74) is 7.04. The zero-order chi connectivity index (χ0) is 14.8. The second-order valence-corrected chi connectivity index (χ2v) is 5.28. The number of nitrogens with two attached hydrogens (primary N) is 1. The summed E-state index contributed by atoms with van der Waals surface area (Å²) in [6.07, 6.45) is 1.71. The fourth-order valence-corrected chi connectivity index (χ4v) is 2.58. The SMILES string of the molecule is NCc1ccc(Oc2cccc3ncccc23)c(F)c1Br. The van der Waals surface area contributed by atoms with E-state index in [2.05, 4.69) is 20.9 Å². The number of nitrogens with zero attached hydrogens (tertiary/aromatic N) is 1. The predicted octanol–water partition coefficient (Wildman–Crippen LogP) is 4.39. The van der Waals surface area contributed by atoms with Gasteiger partial charge in [0.15, 0.2) is 11.6 Å². The van der Waals surface area contributed by atoms with E-state index >= 15 is 0 Å². The Kier molecular flexibility index (Phi) is 3.86. The highest BCUT2D eigenvalue weighted by molar-refractivity contribution is 9.10. The minimum Gasteiger partial charge on any atom is -0.454 e. The lowest BCUT2D eigenvalue weighted by Crippen LogP contribution is -2.00. The summed E-state index contributed by atoms with van der Waals surface area (Å²) in [6.45, 7) is 0.260. The van der Waals surface area contributed by atoms with Gasteiger partial charge in [0, 0.05) is 18.1 Å². The number of benzene rings is 2. The molecule has 0 fully saturated rings. The normalized spacial score (nSPS) is 10.8. The molecular weight excluding hydrogens is 335 g/mol. The van der Waals surface area contributed by atoms with Gasteiger partial charge in [-0.25, -0.2) is 4.39 Å². The van der Waals surface area contributed by atoms with Crippen molar-refractivity contribution in [2.24, 2.45) is 5.73 Å². The summed E-state index contributed by atoms with van der Waals surface area (Å²) in [5.74, 6) is 0.251. The number of pyridine rings is 1. The summed E-state index contributed by atoms with van der Waals surface area (Å²) in [4.78, 5) is 4.25. The van der Waals surface area contributed by atoms with Crippen molar-refractivity contribution in [3.05, 3.63) is 64.5 Å². The standard InChI is InChI=1S/C16H12BrFN2O/c17-15-10(9-19)6-7-14(16(15)18)21-13-5-1-4-12-11(13)3-2-8-20-12/h1-8H,9,19H2. The molecule has 5 heteroatoms. The molecule has 2 aromatic carbocycles. The highest BCUT2D eigenvalue weighted by Crippen LogP contribution is 2.34. The minimum absolute atomic E-state index is 0.149. The van der Waals surface area contributed by atoms with Crippen molar-refractivity contribution in [1.82, 2.24) is 4.98 Å². The van der Waals surface area contributed by atoms with Gasteiger partial charge in [-0.2, -0.15) is 0 Å². The van der Waals surface area contributed by atoms with Crippen molar-refractivity contribution in [2.45, 2.75) is 6.54 Å². The molecule has 0 saturated heterocycles. The summed E-state index contributed by atoms with van der Waals surface area (Å²) < 4.78 is 20.3. The Bertz CT molecular complexity index is 802. The maximum Gasteiger partial charge on any atom is 0.180 e. The maximum absolute atomic E-state index is 14.3. The lowest BCUT2D eigenvalue weighted by molar-refractivity contribution is 0.443. The molecule has 0 unspecified atom stereocenters. The van der Waals surface area contributed by atoms with Crippen LogP contribution in [0.2, 0.25) is 0 Å². The number of aromatic nitrogens is 1. The van der Waals surface area contributed by atoms with Crippen LogP contribution in [0.5, 0.6) is 11.5 Å². The van der Waals surface area contributed by atoms with E-state index in [4.69, 9.17) is 10.5 Å². The van der Waals surface area contributed by atoms with E-state index in [9.17, 15) is 4.39 Å². The molecule has 0 radical (unpaired) electrons. The highest BCUT2D eigenvalue weighted by atomic mass is 79.9. The van der Waals surface area contributed by atoms with Crippen molar-refractivity contribution in [2.75, 3.05) is 0 Å². The van der Waals surface area contributed by atoms with Gasteiger partial charge in [0.05, 0.1) is 9.99 Å².